The Morgan fingerprint density at radius 3 is 1.60 bits per heavy atom. The topological polar surface area (TPSA) is 40.5 Å². The van der Waals surface area contributed by atoms with Crippen molar-refractivity contribution < 1.29 is 10.2 Å². The summed E-state index contributed by atoms with van der Waals surface area (Å²) in [6, 6.07) is 0. The maximum atomic E-state index is 10.7. The van der Waals surface area contributed by atoms with Crippen molar-refractivity contribution in [1.29, 1.82) is 0 Å². The molecule has 1 aliphatic carbocycles. The molecule has 0 aromatic carbocycles. The largest absolute Gasteiger partial charge is 0.396 e. The minimum atomic E-state index is -0.346. The van der Waals surface area contributed by atoms with Gasteiger partial charge in [0.15, 0.2) is 0 Å². The van der Waals surface area contributed by atoms with Crippen molar-refractivity contribution in [3.8, 4) is 0 Å². The van der Waals surface area contributed by atoms with E-state index in [-0.39, 0.29) is 5.60 Å². The van der Waals surface area contributed by atoms with Crippen molar-refractivity contribution in [1.82, 2.24) is 0 Å². The number of rotatable bonds is 9. The molecule has 1 saturated carbocycles. The molecule has 0 atom stereocenters. The van der Waals surface area contributed by atoms with Crippen molar-refractivity contribution in [2.24, 2.45) is 0 Å². The Morgan fingerprint density at radius 2 is 1.05 bits per heavy atom. The average molecular weight is 284 g/mol. The highest BCUT2D eigenvalue weighted by atomic mass is 16.3. The predicted octanol–water partition coefficient (Wildman–Crippen LogP) is 4.97. The summed E-state index contributed by atoms with van der Waals surface area (Å²) in [5.41, 5.74) is -0.346. The maximum absolute atomic E-state index is 10.7. The summed E-state index contributed by atoms with van der Waals surface area (Å²) in [4.78, 5) is 0. The van der Waals surface area contributed by atoms with Gasteiger partial charge in [0.05, 0.1) is 5.60 Å². The van der Waals surface area contributed by atoms with Crippen LogP contribution < -0.4 is 0 Å². The molecule has 1 rings (SSSR count). The van der Waals surface area contributed by atoms with E-state index in [4.69, 9.17) is 5.11 Å². The zero-order chi connectivity index (χ0) is 14.5. The lowest BCUT2D eigenvalue weighted by atomic mass is 9.86. The van der Waals surface area contributed by atoms with Crippen molar-refractivity contribution in [3.63, 3.8) is 0 Å². The molecule has 0 aromatic heterocycles. The Kier molecular flexibility index (Phi) is 10.4. The second-order valence-electron chi connectivity index (χ2n) is 6.79. The van der Waals surface area contributed by atoms with Gasteiger partial charge in [0, 0.05) is 6.61 Å². The predicted molar refractivity (Wildman–Crippen MR) is 85.9 cm³/mol. The summed E-state index contributed by atoms with van der Waals surface area (Å²) >= 11 is 0. The van der Waals surface area contributed by atoms with Crippen molar-refractivity contribution in [3.05, 3.63) is 0 Å². The lowest BCUT2D eigenvalue weighted by Gasteiger charge is -2.28. The first kappa shape index (κ1) is 18.0. The highest BCUT2D eigenvalue weighted by molar-refractivity contribution is 4.79. The second kappa shape index (κ2) is 11.6. The first-order valence-corrected chi connectivity index (χ1v) is 9.10. The molecule has 0 unspecified atom stereocenters. The summed E-state index contributed by atoms with van der Waals surface area (Å²) in [6.07, 6.45) is 19.3. The molecule has 0 aliphatic heterocycles. The van der Waals surface area contributed by atoms with Gasteiger partial charge in [-0.1, -0.05) is 77.0 Å². The fraction of sp³-hybridized carbons (Fsp3) is 1.00. The van der Waals surface area contributed by atoms with Crippen LogP contribution in [-0.2, 0) is 0 Å². The molecule has 20 heavy (non-hydrogen) atoms. The van der Waals surface area contributed by atoms with Gasteiger partial charge in [0.2, 0.25) is 0 Å². The third kappa shape index (κ3) is 8.97. The van der Waals surface area contributed by atoms with Crippen LogP contribution in [0.5, 0.6) is 0 Å². The van der Waals surface area contributed by atoms with Crippen LogP contribution in [0.4, 0.5) is 0 Å². The van der Waals surface area contributed by atoms with Crippen LogP contribution in [0, 0.1) is 0 Å². The summed E-state index contributed by atoms with van der Waals surface area (Å²) in [7, 11) is 0. The van der Waals surface area contributed by atoms with E-state index in [0.29, 0.717) is 6.61 Å². The van der Waals surface area contributed by atoms with Gasteiger partial charge in [0.25, 0.3) is 0 Å². The second-order valence-corrected chi connectivity index (χ2v) is 6.79. The van der Waals surface area contributed by atoms with Crippen LogP contribution in [-0.4, -0.2) is 22.4 Å². The van der Waals surface area contributed by atoms with Gasteiger partial charge in [-0.3, -0.25) is 0 Å². The molecular formula is C18H36O2. The normalized spacial score (nSPS) is 20.1. The SMILES string of the molecule is OCCCCCCCCCC1(O)CCCCCCCC1. The highest BCUT2D eigenvalue weighted by Gasteiger charge is 2.25. The third-order valence-electron chi connectivity index (χ3n) is 4.83. The molecule has 1 aliphatic rings. The van der Waals surface area contributed by atoms with Gasteiger partial charge < -0.3 is 10.2 Å². The summed E-state index contributed by atoms with van der Waals surface area (Å²) in [5.74, 6) is 0. The Balaban J connectivity index is 2.05. The van der Waals surface area contributed by atoms with Crippen LogP contribution in [0.2, 0.25) is 0 Å². The minimum Gasteiger partial charge on any atom is -0.396 e. The van der Waals surface area contributed by atoms with E-state index >= 15 is 0 Å². The fourth-order valence-electron chi connectivity index (χ4n) is 3.44. The Bertz CT molecular complexity index is 205. The van der Waals surface area contributed by atoms with Gasteiger partial charge in [0.1, 0.15) is 0 Å². The number of aliphatic hydroxyl groups is 2. The zero-order valence-corrected chi connectivity index (χ0v) is 13.4. The van der Waals surface area contributed by atoms with Crippen LogP contribution in [0.3, 0.4) is 0 Å². The first-order chi connectivity index (χ1) is 9.77. The number of hydrogen-bond acceptors (Lipinski definition) is 2. The van der Waals surface area contributed by atoms with Crippen LogP contribution in [0.15, 0.2) is 0 Å². The Hall–Kier alpha value is -0.0800. The number of hydrogen-bond donors (Lipinski definition) is 2. The third-order valence-corrected chi connectivity index (χ3v) is 4.83. The number of unbranched alkanes of at least 4 members (excludes halogenated alkanes) is 6. The lowest BCUT2D eigenvalue weighted by Crippen LogP contribution is -2.28. The van der Waals surface area contributed by atoms with Gasteiger partial charge in [-0.2, -0.15) is 0 Å². The molecule has 0 saturated heterocycles. The van der Waals surface area contributed by atoms with Crippen LogP contribution in [0.25, 0.3) is 0 Å². The molecule has 2 nitrogen and oxygen atoms in total. The molecule has 2 heteroatoms. The van der Waals surface area contributed by atoms with Crippen LogP contribution >= 0.6 is 0 Å². The molecular weight excluding hydrogens is 248 g/mol. The summed E-state index contributed by atoms with van der Waals surface area (Å²) < 4.78 is 0. The number of aliphatic hydroxyl groups excluding tert-OH is 1. The zero-order valence-electron chi connectivity index (χ0n) is 13.4. The molecule has 0 heterocycles. The van der Waals surface area contributed by atoms with Crippen molar-refractivity contribution >= 4 is 0 Å². The van der Waals surface area contributed by atoms with E-state index in [1.807, 2.05) is 0 Å². The van der Waals surface area contributed by atoms with E-state index in [0.717, 1.165) is 25.7 Å². The van der Waals surface area contributed by atoms with Gasteiger partial charge in [-0.05, 0) is 25.7 Å². The molecule has 0 aromatic rings. The van der Waals surface area contributed by atoms with E-state index < -0.39 is 0 Å². The van der Waals surface area contributed by atoms with Gasteiger partial charge in [-0.25, -0.2) is 0 Å². The molecule has 1 fully saturated rings. The molecule has 0 radical (unpaired) electrons. The minimum absolute atomic E-state index is 0.340. The summed E-state index contributed by atoms with van der Waals surface area (Å²) in [5, 5.41) is 19.5. The Morgan fingerprint density at radius 1 is 0.600 bits per heavy atom. The van der Waals surface area contributed by atoms with E-state index in [1.54, 1.807) is 0 Å². The Labute approximate surface area is 126 Å². The molecule has 0 amide bonds. The fourth-order valence-corrected chi connectivity index (χ4v) is 3.44. The smallest absolute Gasteiger partial charge is 0.0647 e. The van der Waals surface area contributed by atoms with Crippen LogP contribution in [0.1, 0.15) is 103 Å². The lowest BCUT2D eigenvalue weighted by molar-refractivity contribution is 0.00875. The van der Waals surface area contributed by atoms with E-state index in [1.165, 1.54) is 77.0 Å². The molecule has 2 N–H and O–H groups in total. The highest BCUT2D eigenvalue weighted by Crippen LogP contribution is 2.30. The average Bonchev–Trinajstić information content (AvgIpc) is 2.54. The van der Waals surface area contributed by atoms with E-state index in [2.05, 4.69) is 0 Å². The summed E-state index contributed by atoms with van der Waals surface area (Å²) in [6.45, 7) is 0.340. The molecule has 120 valence electrons. The molecule has 0 bridgehead atoms. The van der Waals surface area contributed by atoms with Crippen molar-refractivity contribution in [2.75, 3.05) is 6.61 Å². The van der Waals surface area contributed by atoms with Gasteiger partial charge in [-0.15, -0.1) is 0 Å². The maximum Gasteiger partial charge on any atom is 0.0647 e. The first-order valence-electron chi connectivity index (χ1n) is 9.10. The quantitative estimate of drug-likeness (QED) is 0.587. The molecule has 0 spiro atoms. The van der Waals surface area contributed by atoms with Gasteiger partial charge >= 0.3 is 0 Å². The standard InChI is InChI=1S/C18H36O2/c19-17-13-9-5-1-2-6-10-14-18(20)15-11-7-3-4-8-12-16-18/h19-20H,1-17H2. The van der Waals surface area contributed by atoms with E-state index in [9.17, 15) is 5.11 Å². The van der Waals surface area contributed by atoms with Crippen molar-refractivity contribution in [2.45, 2.75) is 108 Å². The monoisotopic (exact) mass is 284 g/mol.